The number of carbonyl (C=O) groups excluding carboxylic acids is 1. The van der Waals surface area contributed by atoms with Gasteiger partial charge in [0, 0.05) is 24.4 Å². The number of hydrogen-bond acceptors (Lipinski definition) is 3. The second-order valence-corrected chi connectivity index (χ2v) is 7.11. The summed E-state index contributed by atoms with van der Waals surface area (Å²) in [5, 5.41) is 3.21. The Bertz CT molecular complexity index is 539. The Labute approximate surface area is 138 Å². The quantitative estimate of drug-likeness (QED) is 0.927. The summed E-state index contributed by atoms with van der Waals surface area (Å²) >= 11 is 0. The second-order valence-electron chi connectivity index (χ2n) is 7.11. The zero-order valence-electron chi connectivity index (χ0n) is 14.1. The molecule has 4 nitrogen and oxygen atoms in total. The molecule has 1 aromatic carbocycles. The normalized spacial score (nSPS) is 21.0. The van der Waals surface area contributed by atoms with Crippen molar-refractivity contribution in [3.63, 3.8) is 0 Å². The van der Waals surface area contributed by atoms with Gasteiger partial charge in [-0.05, 0) is 36.8 Å². The lowest BCUT2D eigenvalue weighted by atomic mass is 9.89. The van der Waals surface area contributed by atoms with Crippen molar-refractivity contribution in [2.45, 2.75) is 57.8 Å². The standard InChI is InChI=1S/C19H27NO3/c1-14(2)13-15-5-3-4-6-17(15)18(21)20-16-7-9-19(10-8-16)22-11-12-23-19/h3-6,14,16H,7-13H2,1-2H3,(H,20,21). The van der Waals surface area contributed by atoms with Crippen LogP contribution >= 0.6 is 0 Å². The van der Waals surface area contributed by atoms with Crippen LogP contribution in [0.1, 0.15) is 55.5 Å². The van der Waals surface area contributed by atoms with Gasteiger partial charge < -0.3 is 14.8 Å². The molecule has 23 heavy (non-hydrogen) atoms. The van der Waals surface area contributed by atoms with Crippen LogP contribution in [0.2, 0.25) is 0 Å². The van der Waals surface area contributed by atoms with Crippen LogP contribution in [0, 0.1) is 5.92 Å². The van der Waals surface area contributed by atoms with E-state index in [9.17, 15) is 4.79 Å². The lowest BCUT2D eigenvalue weighted by molar-refractivity contribution is -0.179. The molecule has 0 aromatic heterocycles. The van der Waals surface area contributed by atoms with Crippen LogP contribution in [0.3, 0.4) is 0 Å². The molecule has 1 aliphatic heterocycles. The molecule has 0 unspecified atom stereocenters. The highest BCUT2D eigenvalue weighted by molar-refractivity contribution is 5.95. The molecule has 126 valence electrons. The summed E-state index contributed by atoms with van der Waals surface area (Å²) in [5.74, 6) is 0.224. The first kappa shape index (κ1) is 16.5. The Morgan fingerprint density at radius 2 is 1.87 bits per heavy atom. The van der Waals surface area contributed by atoms with Gasteiger partial charge in [-0.25, -0.2) is 0 Å². The SMILES string of the molecule is CC(C)Cc1ccccc1C(=O)NC1CCC2(CC1)OCCO2. The highest BCUT2D eigenvalue weighted by atomic mass is 16.7. The van der Waals surface area contributed by atoms with E-state index in [1.807, 2.05) is 18.2 Å². The van der Waals surface area contributed by atoms with Gasteiger partial charge in [0.1, 0.15) is 0 Å². The summed E-state index contributed by atoms with van der Waals surface area (Å²) < 4.78 is 11.5. The number of carbonyl (C=O) groups is 1. The maximum absolute atomic E-state index is 12.7. The molecular weight excluding hydrogens is 290 g/mol. The van der Waals surface area contributed by atoms with Crippen LogP contribution in [0.5, 0.6) is 0 Å². The van der Waals surface area contributed by atoms with Gasteiger partial charge in [-0.2, -0.15) is 0 Å². The van der Waals surface area contributed by atoms with Crippen molar-refractivity contribution >= 4 is 5.91 Å². The largest absolute Gasteiger partial charge is 0.349 e. The smallest absolute Gasteiger partial charge is 0.251 e. The van der Waals surface area contributed by atoms with E-state index >= 15 is 0 Å². The summed E-state index contributed by atoms with van der Waals surface area (Å²) in [6.07, 6.45) is 4.49. The van der Waals surface area contributed by atoms with Crippen molar-refractivity contribution < 1.29 is 14.3 Å². The number of rotatable bonds is 4. The van der Waals surface area contributed by atoms with Crippen LogP contribution in [-0.4, -0.2) is 30.9 Å². The van der Waals surface area contributed by atoms with Crippen molar-refractivity contribution in [2.75, 3.05) is 13.2 Å². The van der Waals surface area contributed by atoms with Crippen LogP contribution < -0.4 is 5.32 Å². The second kappa shape index (κ2) is 7.02. The molecule has 1 aliphatic carbocycles. The summed E-state index contributed by atoms with van der Waals surface area (Å²) in [6, 6.07) is 8.15. The van der Waals surface area contributed by atoms with Crippen molar-refractivity contribution in [1.82, 2.24) is 5.32 Å². The third-order valence-electron chi connectivity index (χ3n) is 4.79. The monoisotopic (exact) mass is 317 g/mol. The molecule has 1 heterocycles. The third-order valence-corrected chi connectivity index (χ3v) is 4.79. The molecule has 0 radical (unpaired) electrons. The fourth-order valence-corrected chi connectivity index (χ4v) is 3.61. The molecule has 1 spiro atoms. The predicted molar refractivity (Wildman–Crippen MR) is 89.3 cm³/mol. The maximum atomic E-state index is 12.7. The van der Waals surface area contributed by atoms with Crippen molar-refractivity contribution in [1.29, 1.82) is 0 Å². The summed E-state index contributed by atoms with van der Waals surface area (Å²) in [4.78, 5) is 12.7. The number of amides is 1. The Morgan fingerprint density at radius 3 is 2.52 bits per heavy atom. The van der Waals surface area contributed by atoms with Crippen molar-refractivity contribution in [2.24, 2.45) is 5.92 Å². The van der Waals surface area contributed by atoms with Gasteiger partial charge in [0.05, 0.1) is 13.2 Å². The fraction of sp³-hybridized carbons (Fsp3) is 0.632. The van der Waals surface area contributed by atoms with Crippen LogP contribution in [0.15, 0.2) is 24.3 Å². The summed E-state index contributed by atoms with van der Waals surface area (Å²) in [5.41, 5.74) is 1.95. The Hall–Kier alpha value is -1.39. The van der Waals surface area contributed by atoms with Gasteiger partial charge in [0.15, 0.2) is 5.79 Å². The highest BCUT2D eigenvalue weighted by Gasteiger charge is 2.40. The zero-order chi connectivity index (χ0) is 16.3. The summed E-state index contributed by atoms with van der Waals surface area (Å²) in [7, 11) is 0. The van der Waals surface area contributed by atoms with Crippen LogP contribution in [0.4, 0.5) is 0 Å². The van der Waals surface area contributed by atoms with Crippen molar-refractivity contribution in [3.05, 3.63) is 35.4 Å². The van der Waals surface area contributed by atoms with Crippen LogP contribution in [0.25, 0.3) is 0 Å². The first-order valence-corrected chi connectivity index (χ1v) is 8.75. The first-order chi connectivity index (χ1) is 11.1. The Morgan fingerprint density at radius 1 is 1.22 bits per heavy atom. The number of nitrogens with one attached hydrogen (secondary N) is 1. The minimum Gasteiger partial charge on any atom is -0.349 e. The van der Waals surface area contributed by atoms with E-state index in [0.29, 0.717) is 19.1 Å². The van der Waals surface area contributed by atoms with Gasteiger partial charge >= 0.3 is 0 Å². The third kappa shape index (κ3) is 3.93. The number of hydrogen-bond donors (Lipinski definition) is 1. The van der Waals surface area contributed by atoms with E-state index in [1.54, 1.807) is 0 Å². The average molecular weight is 317 g/mol. The molecule has 1 amide bonds. The minimum atomic E-state index is -0.364. The molecule has 3 rings (SSSR count). The van der Waals surface area contributed by atoms with E-state index in [0.717, 1.165) is 43.2 Å². The molecule has 1 N–H and O–H groups in total. The molecule has 1 saturated carbocycles. The van der Waals surface area contributed by atoms with E-state index in [2.05, 4.69) is 25.2 Å². The number of benzene rings is 1. The topological polar surface area (TPSA) is 47.6 Å². The predicted octanol–water partition coefficient (Wildman–Crippen LogP) is 3.30. The molecule has 1 aromatic rings. The molecular formula is C19H27NO3. The van der Waals surface area contributed by atoms with Crippen molar-refractivity contribution in [3.8, 4) is 0 Å². The Kier molecular flexibility index (Phi) is 5.02. The minimum absolute atomic E-state index is 0.0514. The average Bonchev–Trinajstić information content (AvgIpc) is 2.98. The van der Waals surface area contributed by atoms with Crippen LogP contribution in [-0.2, 0) is 15.9 Å². The first-order valence-electron chi connectivity index (χ1n) is 8.75. The lowest BCUT2D eigenvalue weighted by Gasteiger charge is -2.35. The zero-order valence-corrected chi connectivity index (χ0v) is 14.1. The van der Waals surface area contributed by atoms with Gasteiger partial charge in [0.25, 0.3) is 5.91 Å². The van der Waals surface area contributed by atoms with E-state index in [1.165, 1.54) is 0 Å². The molecule has 2 fully saturated rings. The van der Waals surface area contributed by atoms with Gasteiger partial charge in [-0.3, -0.25) is 4.79 Å². The molecule has 0 bridgehead atoms. The molecule has 2 aliphatic rings. The van der Waals surface area contributed by atoms with Gasteiger partial charge in [-0.1, -0.05) is 32.0 Å². The Balaban J connectivity index is 1.60. The van der Waals surface area contributed by atoms with E-state index in [-0.39, 0.29) is 17.7 Å². The lowest BCUT2D eigenvalue weighted by Crippen LogP contribution is -2.44. The van der Waals surface area contributed by atoms with E-state index < -0.39 is 0 Å². The van der Waals surface area contributed by atoms with Gasteiger partial charge in [0.2, 0.25) is 0 Å². The molecule has 4 heteroatoms. The van der Waals surface area contributed by atoms with E-state index in [4.69, 9.17) is 9.47 Å². The molecule has 0 atom stereocenters. The summed E-state index contributed by atoms with van der Waals surface area (Å²) in [6.45, 7) is 5.74. The highest BCUT2D eigenvalue weighted by Crippen LogP contribution is 2.35. The maximum Gasteiger partial charge on any atom is 0.251 e. The molecule has 1 saturated heterocycles. The number of ether oxygens (including phenoxy) is 2. The fourth-order valence-electron chi connectivity index (χ4n) is 3.61. The van der Waals surface area contributed by atoms with Gasteiger partial charge in [-0.15, -0.1) is 0 Å².